The summed E-state index contributed by atoms with van der Waals surface area (Å²) in [5.41, 5.74) is 0.947. The summed E-state index contributed by atoms with van der Waals surface area (Å²) < 4.78 is 0. The van der Waals surface area contributed by atoms with Crippen LogP contribution in [0.5, 0.6) is 0 Å². The molecule has 3 heteroatoms. The number of allylic oxidation sites excluding steroid dienone is 1. The molecular weight excluding hydrogens is 142 g/mol. The van der Waals surface area contributed by atoms with Crippen molar-refractivity contribution in [3.8, 4) is 0 Å². The molecule has 1 heterocycles. The molecule has 0 saturated heterocycles. The van der Waals surface area contributed by atoms with E-state index in [9.17, 15) is 4.79 Å². The van der Waals surface area contributed by atoms with Crippen molar-refractivity contribution in [2.75, 3.05) is 0 Å². The number of nitrogens with one attached hydrogen (secondary N) is 1. The first-order valence-electron chi connectivity index (χ1n) is 3.29. The first-order chi connectivity index (χ1) is 5.25. The van der Waals surface area contributed by atoms with Crippen molar-refractivity contribution >= 4 is 12.0 Å². The highest BCUT2D eigenvalue weighted by atomic mass is 16.4. The summed E-state index contributed by atoms with van der Waals surface area (Å²) in [7, 11) is 0. The van der Waals surface area contributed by atoms with Gasteiger partial charge in [-0.1, -0.05) is 6.08 Å². The first-order valence-corrected chi connectivity index (χ1v) is 3.29. The van der Waals surface area contributed by atoms with Gasteiger partial charge in [0.1, 0.15) is 0 Å². The zero-order valence-corrected chi connectivity index (χ0v) is 6.16. The van der Waals surface area contributed by atoms with E-state index in [1.54, 1.807) is 18.3 Å². The quantitative estimate of drug-likeness (QED) is 0.676. The number of aromatic nitrogens is 1. The van der Waals surface area contributed by atoms with Gasteiger partial charge in [0, 0.05) is 6.20 Å². The molecule has 0 aliphatic heterocycles. The fourth-order valence-electron chi connectivity index (χ4n) is 0.873. The van der Waals surface area contributed by atoms with Gasteiger partial charge in [0.25, 0.3) is 0 Å². The summed E-state index contributed by atoms with van der Waals surface area (Å²) >= 11 is 0. The fourth-order valence-corrected chi connectivity index (χ4v) is 0.873. The van der Waals surface area contributed by atoms with Crippen LogP contribution in [-0.4, -0.2) is 16.1 Å². The van der Waals surface area contributed by atoms with Crippen LogP contribution in [0.2, 0.25) is 0 Å². The van der Waals surface area contributed by atoms with E-state index in [0.717, 1.165) is 0 Å². The van der Waals surface area contributed by atoms with Crippen LogP contribution in [0.15, 0.2) is 18.3 Å². The van der Waals surface area contributed by atoms with Crippen molar-refractivity contribution in [3.05, 3.63) is 29.6 Å². The molecule has 1 aromatic rings. The van der Waals surface area contributed by atoms with Gasteiger partial charge in [0.2, 0.25) is 0 Å². The molecule has 0 spiro atoms. The van der Waals surface area contributed by atoms with E-state index in [-0.39, 0.29) is 0 Å². The van der Waals surface area contributed by atoms with Crippen molar-refractivity contribution in [1.82, 2.24) is 4.98 Å². The maximum Gasteiger partial charge on any atom is 0.337 e. The van der Waals surface area contributed by atoms with Crippen molar-refractivity contribution in [2.24, 2.45) is 0 Å². The van der Waals surface area contributed by atoms with Crippen LogP contribution in [-0.2, 0) is 0 Å². The van der Waals surface area contributed by atoms with Crippen molar-refractivity contribution in [3.63, 3.8) is 0 Å². The summed E-state index contributed by atoms with van der Waals surface area (Å²) in [5, 5.41) is 8.63. The SMILES string of the molecule is C/C=C/c1[nH]ccc1C(=O)O. The van der Waals surface area contributed by atoms with E-state index in [4.69, 9.17) is 5.11 Å². The topological polar surface area (TPSA) is 53.1 Å². The molecule has 0 aliphatic carbocycles. The number of rotatable bonds is 2. The lowest BCUT2D eigenvalue weighted by molar-refractivity contribution is 0.0697. The Hall–Kier alpha value is -1.51. The third kappa shape index (κ3) is 1.49. The highest BCUT2D eigenvalue weighted by Crippen LogP contribution is 2.07. The molecule has 1 aromatic heterocycles. The molecular formula is C8H9NO2. The Morgan fingerprint density at radius 1 is 1.73 bits per heavy atom. The van der Waals surface area contributed by atoms with E-state index in [1.165, 1.54) is 6.07 Å². The average Bonchev–Trinajstić information content (AvgIpc) is 2.36. The van der Waals surface area contributed by atoms with Gasteiger partial charge in [-0.3, -0.25) is 0 Å². The Kier molecular flexibility index (Phi) is 2.11. The largest absolute Gasteiger partial charge is 0.478 e. The molecule has 0 unspecified atom stereocenters. The summed E-state index contributed by atoms with van der Waals surface area (Å²) in [6.07, 6.45) is 5.13. The molecule has 2 N–H and O–H groups in total. The second kappa shape index (κ2) is 3.05. The monoisotopic (exact) mass is 151 g/mol. The summed E-state index contributed by atoms with van der Waals surface area (Å²) in [4.78, 5) is 13.3. The normalized spacial score (nSPS) is 10.6. The van der Waals surface area contributed by atoms with E-state index in [2.05, 4.69) is 4.98 Å². The minimum absolute atomic E-state index is 0.308. The van der Waals surface area contributed by atoms with Gasteiger partial charge in [-0.2, -0.15) is 0 Å². The van der Waals surface area contributed by atoms with Gasteiger partial charge in [-0.15, -0.1) is 0 Å². The molecule has 0 aliphatic rings. The molecule has 0 atom stereocenters. The average molecular weight is 151 g/mol. The van der Waals surface area contributed by atoms with Gasteiger partial charge in [-0.05, 0) is 19.1 Å². The van der Waals surface area contributed by atoms with Crippen LogP contribution in [0.25, 0.3) is 6.08 Å². The van der Waals surface area contributed by atoms with Gasteiger partial charge in [0.15, 0.2) is 0 Å². The molecule has 1 rings (SSSR count). The van der Waals surface area contributed by atoms with Crippen molar-refractivity contribution in [2.45, 2.75) is 6.92 Å². The number of carboxylic acid groups (broad SMARTS) is 1. The van der Waals surface area contributed by atoms with Crippen LogP contribution < -0.4 is 0 Å². The minimum atomic E-state index is -0.903. The molecule has 0 bridgehead atoms. The van der Waals surface area contributed by atoms with Crippen molar-refractivity contribution in [1.29, 1.82) is 0 Å². The maximum atomic E-state index is 10.5. The predicted octanol–water partition coefficient (Wildman–Crippen LogP) is 1.75. The van der Waals surface area contributed by atoms with Crippen LogP contribution in [0.1, 0.15) is 23.0 Å². The van der Waals surface area contributed by atoms with Crippen LogP contribution in [0.4, 0.5) is 0 Å². The fraction of sp³-hybridized carbons (Fsp3) is 0.125. The molecule has 0 aromatic carbocycles. The van der Waals surface area contributed by atoms with E-state index in [0.29, 0.717) is 11.3 Å². The Labute approximate surface area is 64.4 Å². The van der Waals surface area contributed by atoms with E-state index in [1.807, 2.05) is 6.92 Å². The van der Waals surface area contributed by atoms with Crippen molar-refractivity contribution < 1.29 is 9.90 Å². The first kappa shape index (κ1) is 7.60. The van der Waals surface area contributed by atoms with Gasteiger partial charge < -0.3 is 10.1 Å². The van der Waals surface area contributed by atoms with Gasteiger partial charge in [0.05, 0.1) is 11.3 Å². The summed E-state index contributed by atoms with van der Waals surface area (Å²) in [6, 6.07) is 1.54. The van der Waals surface area contributed by atoms with Gasteiger partial charge in [-0.25, -0.2) is 4.79 Å². The Morgan fingerprint density at radius 2 is 2.45 bits per heavy atom. The highest BCUT2D eigenvalue weighted by molar-refractivity contribution is 5.91. The second-order valence-electron chi connectivity index (χ2n) is 2.11. The number of aromatic carboxylic acids is 1. The zero-order chi connectivity index (χ0) is 8.27. The zero-order valence-electron chi connectivity index (χ0n) is 6.16. The number of carbonyl (C=O) groups is 1. The number of H-pyrrole nitrogens is 1. The Bertz CT molecular complexity index is 286. The van der Waals surface area contributed by atoms with E-state index >= 15 is 0 Å². The standard InChI is InChI=1S/C8H9NO2/c1-2-3-7-6(8(10)11)4-5-9-7/h2-5,9H,1H3,(H,10,11)/b3-2+. The van der Waals surface area contributed by atoms with Crippen LogP contribution >= 0.6 is 0 Å². The number of carboxylic acids is 1. The molecule has 11 heavy (non-hydrogen) atoms. The number of hydrogen-bond acceptors (Lipinski definition) is 1. The van der Waals surface area contributed by atoms with Crippen LogP contribution in [0, 0.1) is 0 Å². The molecule has 0 saturated carbocycles. The predicted molar refractivity (Wildman–Crippen MR) is 42.5 cm³/mol. The lowest BCUT2D eigenvalue weighted by Gasteiger charge is -1.90. The number of aromatic amines is 1. The van der Waals surface area contributed by atoms with E-state index < -0.39 is 5.97 Å². The number of hydrogen-bond donors (Lipinski definition) is 2. The lowest BCUT2D eigenvalue weighted by Crippen LogP contribution is -1.95. The smallest absolute Gasteiger partial charge is 0.337 e. The maximum absolute atomic E-state index is 10.5. The Balaban J connectivity index is 3.05. The summed E-state index contributed by atoms with van der Waals surface area (Å²) in [6.45, 7) is 1.84. The molecule has 58 valence electrons. The molecule has 0 amide bonds. The Morgan fingerprint density at radius 3 is 3.00 bits per heavy atom. The molecule has 3 nitrogen and oxygen atoms in total. The lowest BCUT2D eigenvalue weighted by atomic mass is 10.2. The third-order valence-corrected chi connectivity index (χ3v) is 1.34. The molecule has 0 radical (unpaired) electrons. The van der Waals surface area contributed by atoms with Gasteiger partial charge >= 0.3 is 5.97 Å². The second-order valence-corrected chi connectivity index (χ2v) is 2.11. The minimum Gasteiger partial charge on any atom is -0.478 e. The molecule has 0 fully saturated rings. The third-order valence-electron chi connectivity index (χ3n) is 1.34. The van der Waals surface area contributed by atoms with Crippen LogP contribution in [0.3, 0.4) is 0 Å². The highest BCUT2D eigenvalue weighted by Gasteiger charge is 2.06. The summed E-state index contributed by atoms with van der Waals surface area (Å²) in [5.74, 6) is -0.903.